The lowest BCUT2D eigenvalue weighted by atomic mass is 10.2. The van der Waals surface area contributed by atoms with E-state index in [4.69, 9.17) is 10.5 Å². The molecule has 2 aromatic rings. The standard InChI is InChI=1S/C11H18N5O11P3/c12-10-9-11(14-3-13-10)16(4-15-9)8-1-6(17)7(26-8)2-25-28(18,19)5-29(20,21)27-30(22,23)24/h3-4,6-8,17H,1-2,5H2,(H,18,19)(H,20,21)(H2,12,13,14)(H2,22,23,24)/p-4/t6-,7+,8+/m0/s1. The second-order valence-corrected chi connectivity index (χ2v) is 11.6. The second-order valence-electron chi connectivity index (χ2n) is 6.20. The quantitative estimate of drug-likeness (QED) is 0.353. The lowest BCUT2D eigenvalue weighted by molar-refractivity contribution is -0.337. The summed E-state index contributed by atoms with van der Waals surface area (Å²) >= 11 is 0. The Morgan fingerprint density at radius 1 is 1.20 bits per heavy atom. The predicted octanol–water partition coefficient (Wildman–Crippen LogP) is -3.02. The molecule has 1 aliphatic heterocycles. The van der Waals surface area contributed by atoms with Gasteiger partial charge in [-0.2, -0.15) is 0 Å². The van der Waals surface area contributed by atoms with Crippen LogP contribution in [0.5, 0.6) is 0 Å². The van der Waals surface area contributed by atoms with Crippen molar-refractivity contribution < 1.29 is 51.9 Å². The third kappa shape index (κ3) is 5.69. The average molecular weight is 485 g/mol. The van der Waals surface area contributed by atoms with Gasteiger partial charge in [-0.3, -0.25) is 4.57 Å². The van der Waals surface area contributed by atoms with Gasteiger partial charge < -0.3 is 57.7 Å². The highest BCUT2D eigenvalue weighted by Gasteiger charge is 2.37. The first kappa shape index (κ1) is 23.4. The van der Waals surface area contributed by atoms with Gasteiger partial charge in [0.1, 0.15) is 39.4 Å². The Kier molecular flexibility index (Phi) is 6.50. The van der Waals surface area contributed by atoms with Crippen molar-refractivity contribution in [2.45, 2.75) is 24.9 Å². The van der Waals surface area contributed by atoms with Crippen LogP contribution >= 0.6 is 23.0 Å². The summed E-state index contributed by atoms with van der Waals surface area (Å²) in [4.78, 5) is 55.7. The Labute approximate surface area is 168 Å². The van der Waals surface area contributed by atoms with E-state index in [1.165, 1.54) is 17.2 Å². The van der Waals surface area contributed by atoms with Gasteiger partial charge in [-0.25, -0.2) is 15.0 Å². The Morgan fingerprint density at radius 2 is 1.90 bits per heavy atom. The normalized spacial score (nSPS) is 26.5. The maximum Gasteiger partial charge on any atom is 0.167 e. The van der Waals surface area contributed by atoms with Crippen LogP contribution in [-0.4, -0.2) is 49.3 Å². The summed E-state index contributed by atoms with van der Waals surface area (Å²) in [6, 6.07) is 0. The molecule has 1 saturated heterocycles. The van der Waals surface area contributed by atoms with Crippen molar-refractivity contribution >= 4 is 40.0 Å². The maximum absolute atomic E-state index is 11.8. The van der Waals surface area contributed by atoms with E-state index in [0.29, 0.717) is 11.2 Å². The summed E-state index contributed by atoms with van der Waals surface area (Å²) in [5.41, 5.74) is 6.29. The fourth-order valence-corrected chi connectivity index (χ4v) is 7.02. The van der Waals surface area contributed by atoms with E-state index < -0.39 is 54.0 Å². The van der Waals surface area contributed by atoms with Gasteiger partial charge in [0.15, 0.2) is 11.5 Å². The minimum absolute atomic E-state index is 0.00867. The molecule has 0 radical (unpaired) electrons. The number of hydrogen-bond acceptors (Lipinski definition) is 15. The van der Waals surface area contributed by atoms with Crippen molar-refractivity contribution in [1.29, 1.82) is 0 Å². The van der Waals surface area contributed by atoms with Crippen LogP contribution in [0.2, 0.25) is 0 Å². The fraction of sp³-hybridized carbons (Fsp3) is 0.545. The minimum Gasteiger partial charge on any atom is -0.790 e. The Morgan fingerprint density at radius 3 is 2.57 bits per heavy atom. The van der Waals surface area contributed by atoms with Crippen molar-refractivity contribution in [1.82, 2.24) is 19.5 Å². The summed E-state index contributed by atoms with van der Waals surface area (Å²) < 4.78 is 48.2. The molecule has 168 valence electrons. The van der Waals surface area contributed by atoms with E-state index in [9.17, 15) is 38.4 Å². The first-order chi connectivity index (χ1) is 13.8. The number of anilines is 1. The summed E-state index contributed by atoms with van der Waals surface area (Å²) in [6.45, 7) is -0.783. The van der Waals surface area contributed by atoms with Gasteiger partial charge in [-0.1, -0.05) is 0 Å². The van der Waals surface area contributed by atoms with Crippen LogP contribution in [0.4, 0.5) is 5.82 Å². The number of aliphatic hydroxyl groups excluding tert-OH is 1. The van der Waals surface area contributed by atoms with E-state index >= 15 is 0 Å². The number of rotatable bonds is 8. The maximum atomic E-state index is 11.8. The summed E-state index contributed by atoms with van der Waals surface area (Å²) in [6.07, 6.45) is -0.687. The molecule has 19 heteroatoms. The van der Waals surface area contributed by atoms with Crippen molar-refractivity contribution in [2.24, 2.45) is 0 Å². The van der Waals surface area contributed by atoms with E-state index in [-0.39, 0.29) is 12.2 Å². The lowest BCUT2D eigenvalue weighted by Crippen LogP contribution is -2.28. The van der Waals surface area contributed by atoms with Gasteiger partial charge in [0.2, 0.25) is 0 Å². The van der Waals surface area contributed by atoms with E-state index in [2.05, 4.69) is 23.8 Å². The number of ether oxygens (including phenoxy) is 1. The lowest BCUT2D eigenvalue weighted by Gasteiger charge is -2.38. The van der Waals surface area contributed by atoms with E-state index in [1.807, 2.05) is 0 Å². The average Bonchev–Trinajstić information content (AvgIpc) is 3.14. The van der Waals surface area contributed by atoms with Gasteiger partial charge in [0, 0.05) is 6.42 Å². The van der Waals surface area contributed by atoms with Gasteiger partial charge in [-0.05, 0) is 0 Å². The molecular formula is C11H14N5O11P3-4. The number of nitrogen functional groups attached to an aromatic ring is 1. The number of imidazole rings is 1. The van der Waals surface area contributed by atoms with Crippen LogP contribution in [0.3, 0.4) is 0 Å². The van der Waals surface area contributed by atoms with E-state index in [0.717, 1.165) is 0 Å². The highest BCUT2D eigenvalue weighted by Crippen LogP contribution is 2.58. The number of hydrogen-bond donors (Lipinski definition) is 2. The fourth-order valence-electron chi connectivity index (χ4n) is 2.73. The SMILES string of the molecule is Nc1ncnc2c1ncn2[C@H]1C[C@H](O)[C@@H](COP(=O)([O-])CP(=O)([O-])OP(=O)([O-])[O-])O1. The number of phosphoric acid groups is 1. The molecule has 0 saturated carbocycles. The number of nitrogens with two attached hydrogens (primary N) is 1. The molecule has 2 aromatic heterocycles. The van der Waals surface area contributed by atoms with Crippen LogP contribution in [0, 0.1) is 0 Å². The van der Waals surface area contributed by atoms with Crippen molar-refractivity contribution in [3.63, 3.8) is 0 Å². The molecule has 0 amide bonds. The first-order valence-electron chi connectivity index (χ1n) is 8.01. The molecule has 3 rings (SSSR count). The molecule has 0 aliphatic carbocycles. The first-order valence-corrected chi connectivity index (χ1v) is 12.9. The third-order valence-electron chi connectivity index (χ3n) is 3.91. The zero-order chi connectivity index (χ0) is 22.3. The molecule has 0 bridgehead atoms. The molecule has 1 aliphatic rings. The summed E-state index contributed by atoms with van der Waals surface area (Å²) in [7, 11) is -16.7. The molecule has 3 heterocycles. The number of nitrogens with zero attached hydrogens (tertiary/aromatic N) is 4. The third-order valence-corrected chi connectivity index (χ3v) is 9.02. The zero-order valence-corrected chi connectivity index (χ0v) is 17.4. The van der Waals surface area contributed by atoms with Crippen molar-refractivity contribution in [3.05, 3.63) is 12.7 Å². The minimum atomic E-state index is -5.97. The molecule has 2 unspecified atom stereocenters. The van der Waals surface area contributed by atoms with Gasteiger partial charge in [0.05, 0.1) is 32.8 Å². The van der Waals surface area contributed by atoms with Gasteiger partial charge in [0.25, 0.3) is 0 Å². The molecular weight excluding hydrogens is 471 g/mol. The van der Waals surface area contributed by atoms with Crippen LogP contribution in [-0.2, 0) is 27.3 Å². The van der Waals surface area contributed by atoms with Crippen molar-refractivity contribution in [3.8, 4) is 0 Å². The summed E-state index contributed by atoms with van der Waals surface area (Å²) in [5.74, 6) is -1.75. The van der Waals surface area contributed by atoms with Crippen LogP contribution in [0.25, 0.3) is 11.2 Å². The second kappa shape index (κ2) is 8.34. The molecule has 3 N–H and O–H groups in total. The van der Waals surface area contributed by atoms with Crippen LogP contribution in [0.15, 0.2) is 12.7 Å². The Hall–Kier alpha value is -1.28. The molecule has 0 spiro atoms. The monoisotopic (exact) mass is 485 g/mol. The van der Waals surface area contributed by atoms with Gasteiger partial charge in [-0.15, -0.1) is 0 Å². The number of fused-ring (bicyclic) bond motifs is 1. The highest BCUT2D eigenvalue weighted by atomic mass is 31.3. The Bertz CT molecular complexity index is 1070. The van der Waals surface area contributed by atoms with E-state index in [1.54, 1.807) is 0 Å². The zero-order valence-electron chi connectivity index (χ0n) is 14.7. The molecule has 30 heavy (non-hydrogen) atoms. The summed E-state index contributed by atoms with van der Waals surface area (Å²) in [5, 5.41) is 10.1. The molecule has 0 aromatic carbocycles. The molecule has 1 fully saturated rings. The smallest absolute Gasteiger partial charge is 0.167 e. The topological polar surface area (TPSA) is 261 Å². The highest BCUT2D eigenvalue weighted by molar-refractivity contribution is 7.72. The molecule has 5 atom stereocenters. The van der Waals surface area contributed by atoms with Crippen LogP contribution in [0.1, 0.15) is 12.6 Å². The van der Waals surface area contributed by atoms with Crippen LogP contribution < -0.4 is 25.3 Å². The van der Waals surface area contributed by atoms with Gasteiger partial charge >= 0.3 is 0 Å². The number of aliphatic hydroxyl groups is 1. The number of aromatic nitrogens is 4. The van der Waals surface area contributed by atoms with Crippen molar-refractivity contribution in [2.75, 3.05) is 18.2 Å². The largest absolute Gasteiger partial charge is 0.790 e. The molecule has 16 nitrogen and oxygen atoms in total. The Balaban J connectivity index is 1.64. The predicted molar refractivity (Wildman–Crippen MR) is 89.0 cm³/mol.